The van der Waals surface area contributed by atoms with E-state index in [2.05, 4.69) is 36.3 Å². The summed E-state index contributed by atoms with van der Waals surface area (Å²) in [6.45, 7) is 2.09. The molecule has 1 amide bonds. The van der Waals surface area contributed by atoms with E-state index in [-0.39, 0.29) is 5.91 Å². The van der Waals surface area contributed by atoms with Gasteiger partial charge in [-0.2, -0.15) is 0 Å². The second-order valence-corrected chi connectivity index (χ2v) is 6.55. The molecule has 0 aromatic heterocycles. The van der Waals surface area contributed by atoms with Gasteiger partial charge in [0.2, 0.25) is 5.91 Å². The van der Waals surface area contributed by atoms with E-state index in [1.54, 1.807) is 0 Å². The smallest absolute Gasteiger partial charge is 0.237 e. The Morgan fingerprint density at radius 3 is 2.47 bits per heavy atom. The fourth-order valence-electron chi connectivity index (χ4n) is 2.98. The van der Waals surface area contributed by atoms with Gasteiger partial charge in [-0.3, -0.25) is 4.79 Å². The summed E-state index contributed by atoms with van der Waals surface area (Å²) in [5.41, 5.74) is 5.22. The van der Waals surface area contributed by atoms with Gasteiger partial charge in [-0.1, -0.05) is 0 Å². The predicted octanol–water partition coefficient (Wildman–Crippen LogP) is 0.00840. The van der Waals surface area contributed by atoms with Gasteiger partial charge in [0.05, 0.1) is 5.54 Å². The Balaban J connectivity index is 1.90. The van der Waals surface area contributed by atoms with Gasteiger partial charge >= 0.3 is 0 Å². The number of nitrogens with one attached hydrogen (secondary N) is 1. The van der Waals surface area contributed by atoms with Gasteiger partial charge in [-0.25, -0.2) is 0 Å². The highest BCUT2D eigenvalue weighted by molar-refractivity contribution is 5.85. The highest BCUT2D eigenvalue weighted by Gasteiger charge is 2.47. The number of amides is 1. The number of nitrogens with two attached hydrogens (primary N) is 1. The van der Waals surface area contributed by atoms with E-state index < -0.39 is 5.54 Å². The molecule has 2 aliphatic rings. The molecule has 0 radical (unpaired) electrons. The maximum atomic E-state index is 11.9. The summed E-state index contributed by atoms with van der Waals surface area (Å²) in [7, 11) is 6.33. The molecule has 0 aliphatic heterocycles. The average Bonchev–Trinajstić information content (AvgIpc) is 3.03. The first-order valence-electron chi connectivity index (χ1n) is 7.35. The van der Waals surface area contributed by atoms with Crippen LogP contribution in [0.2, 0.25) is 0 Å². The van der Waals surface area contributed by atoms with E-state index in [9.17, 15) is 4.79 Å². The van der Waals surface area contributed by atoms with Crippen molar-refractivity contribution in [3.63, 3.8) is 0 Å². The van der Waals surface area contributed by atoms with Crippen molar-refractivity contribution in [3.8, 4) is 0 Å². The van der Waals surface area contributed by atoms with Crippen molar-refractivity contribution in [3.05, 3.63) is 0 Å². The summed E-state index contributed by atoms with van der Waals surface area (Å²) in [6.07, 6.45) is 5.19. The highest BCUT2D eigenvalue weighted by atomic mass is 16.1. The number of likely N-dealkylation sites (N-methyl/N-ethyl adjacent to an activating group) is 2. The first-order valence-corrected chi connectivity index (χ1v) is 7.35. The minimum atomic E-state index is -0.446. The third-order valence-corrected chi connectivity index (χ3v) is 4.54. The van der Waals surface area contributed by atoms with Crippen LogP contribution in [-0.2, 0) is 4.79 Å². The van der Waals surface area contributed by atoms with Crippen LogP contribution in [0.1, 0.15) is 32.1 Å². The molecule has 2 atom stereocenters. The lowest BCUT2D eigenvalue weighted by Crippen LogP contribution is -2.55. The van der Waals surface area contributed by atoms with Crippen LogP contribution in [0.5, 0.6) is 0 Å². The molecule has 2 unspecified atom stereocenters. The average molecular weight is 268 g/mol. The van der Waals surface area contributed by atoms with Crippen LogP contribution in [0.15, 0.2) is 0 Å². The SMILES string of the molecule is CN(C)CCN(C)C1CCC(NC2CC2)(C(N)=O)C1. The zero-order valence-electron chi connectivity index (χ0n) is 12.5. The highest BCUT2D eigenvalue weighted by Crippen LogP contribution is 2.35. The number of carbonyl (C=O) groups is 1. The van der Waals surface area contributed by atoms with Crippen molar-refractivity contribution in [2.24, 2.45) is 5.73 Å². The predicted molar refractivity (Wildman–Crippen MR) is 76.9 cm³/mol. The molecule has 2 fully saturated rings. The van der Waals surface area contributed by atoms with E-state index in [1.807, 2.05) is 0 Å². The molecular formula is C14H28N4O. The van der Waals surface area contributed by atoms with Crippen LogP contribution < -0.4 is 11.1 Å². The van der Waals surface area contributed by atoms with Crippen molar-refractivity contribution in [1.29, 1.82) is 0 Å². The molecule has 2 rings (SSSR count). The molecular weight excluding hydrogens is 240 g/mol. The Hall–Kier alpha value is -0.650. The number of rotatable bonds is 7. The fraction of sp³-hybridized carbons (Fsp3) is 0.929. The van der Waals surface area contributed by atoms with Crippen LogP contribution in [0, 0.1) is 0 Å². The van der Waals surface area contributed by atoms with E-state index in [0.29, 0.717) is 12.1 Å². The van der Waals surface area contributed by atoms with Gasteiger partial charge in [0, 0.05) is 25.2 Å². The second-order valence-electron chi connectivity index (χ2n) is 6.55. The molecule has 3 N–H and O–H groups in total. The van der Waals surface area contributed by atoms with Gasteiger partial charge < -0.3 is 20.9 Å². The van der Waals surface area contributed by atoms with Crippen LogP contribution in [-0.4, -0.2) is 67.6 Å². The summed E-state index contributed by atoms with van der Waals surface area (Å²) < 4.78 is 0. The molecule has 0 spiro atoms. The third-order valence-electron chi connectivity index (χ3n) is 4.54. The Morgan fingerprint density at radius 2 is 1.95 bits per heavy atom. The Kier molecular flexibility index (Phi) is 4.48. The lowest BCUT2D eigenvalue weighted by molar-refractivity contribution is -0.124. The van der Waals surface area contributed by atoms with Crippen LogP contribution in [0.25, 0.3) is 0 Å². The fourth-order valence-corrected chi connectivity index (χ4v) is 2.98. The third kappa shape index (κ3) is 3.68. The van der Waals surface area contributed by atoms with Crippen LogP contribution in [0.4, 0.5) is 0 Å². The van der Waals surface area contributed by atoms with Crippen molar-refractivity contribution < 1.29 is 4.79 Å². The van der Waals surface area contributed by atoms with Crippen molar-refractivity contribution >= 4 is 5.91 Å². The lowest BCUT2D eigenvalue weighted by atomic mass is 9.96. The molecule has 5 heteroatoms. The Morgan fingerprint density at radius 1 is 1.26 bits per heavy atom. The standard InChI is InChI=1S/C14H28N4O/c1-17(2)8-9-18(3)12-6-7-14(10-12,13(15)19)16-11-4-5-11/h11-12,16H,4-10H2,1-3H3,(H2,15,19). The van der Waals surface area contributed by atoms with Crippen LogP contribution >= 0.6 is 0 Å². The normalized spacial score (nSPS) is 31.3. The van der Waals surface area contributed by atoms with E-state index >= 15 is 0 Å². The largest absolute Gasteiger partial charge is 0.368 e. The minimum Gasteiger partial charge on any atom is -0.368 e. The van der Waals surface area contributed by atoms with Gasteiger partial charge in [0.25, 0.3) is 0 Å². The first-order chi connectivity index (χ1) is 8.93. The molecule has 0 aromatic carbocycles. The summed E-state index contributed by atoms with van der Waals surface area (Å²) in [6, 6.07) is 0.997. The summed E-state index contributed by atoms with van der Waals surface area (Å²) in [4.78, 5) is 16.4. The summed E-state index contributed by atoms with van der Waals surface area (Å²) >= 11 is 0. The van der Waals surface area contributed by atoms with Gasteiger partial charge in [-0.15, -0.1) is 0 Å². The Labute approximate surface area is 116 Å². The maximum Gasteiger partial charge on any atom is 0.237 e. The Bertz CT molecular complexity index is 329. The zero-order valence-corrected chi connectivity index (χ0v) is 12.5. The van der Waals surface area contributed by atoms with Gasteiger partial charge in [-0.05, 0) is 53.2 Å². The van der Waals surface area contributed by atoms with Crippen molar-refractivity contribution in [2.45, 2.75) is 49.7 Å². The molecule has 0 heterocycles. The first kappa shape index (κ1) is 14.8. The zero-order chi connectivity index (χ0) is 14.0. The molecule has 0 bridgehead atoms. The minimum absolute atomic E-state index is 0.164. The van der Waals surface area contributed by atoms with Crippen LogP contribution in [0.3, 0.4) is 0 Å². The molecule has 19 heavy (non-hydrogen) atoms. The molecule has 0 saturated heterocycles. The second kappa shape index (κ2) is 5.77. The van der Waals surface area contributed by atoms with E-state index in [0.717, 1.165) is 32.4 Å². The number of hydrogen-bond acceptors (Lipinski definition) is 4. The molecule has 2 aliphatic carbocycles. The number of carbonyl (C=O) groups excluding carboxylic acids is 1. The monoisotopic (exact) mass is 268 g/mol. The van der Waals surface area contributed by atoms with Crippen molar-refractivity contribution in [1.82, 2.24) is 15.1 Å². The van der Waals surface area contributed by atoms with Gasteiger partial charge in [0.15, 0.2) is 0 Å². The molecule has 110 valence electrons. The van der Waals surface area contributed by atoms with Crippen molar-refractivity contribution in [2.75, 3.05) is 34.2 Å². The molecule has 0 aromatic rings. The number of nitrogens with zero attached hydrogens (tertiary/aromatic N) is 2. The van der Waals surface area contributed by atoms with Gasteiger partial charge in [0.1, 0.15) is 0 Å². The van der Waals surface area contributed by atoms with E-state index in [4.69, 9.17) is 5.73 Å². The number of primary amides is 1. The molecule has 2 saturated carbocycles. The molecule has 5 nitrogen and oxygen atoms in total. The quantitative estimate of drug-likeness (QED) is 0.683. The van der Waals surface area contributed by atoms with E-state index in [1.165, 1.54) is 12.8 Å². The summed E-state index contributed by atoms with van der Waals surface area (Å²) in [5, 5.41) is 3.50. The maximum absolute atomic E-state index is 11.9. The summed E-state index contributed by atoms with van der Waals surface area (Å²) in [5.74, 6) is -0.164. The number of hydrogen-bond donors (Lipinski definition) is 2. The topological polar surface area (TPSA) is 61.6 Å². The lowest BCUT2D eigenvalue weighted by Gasteiger charge is -2.30.